The van der Waals surface area contributed by atoms with E-state index in [2.05, 4.69) is 5.32 Å². The molecule has 0 aliphatic rings. The zero-order valence-electron chi connectivity index (χ0n) is 12.7. The summed E-state index contributed by atoms with van der Waals surface area (Å²) in [6.07, 6.45) is -4.17. The number of aliphatic hydroxyl groups excluding tert-OH is 1. The molecule has 1 aromatic heterocycles. The number of carbonyl (C=O) groups excluding carboxylic acids is 1. The highest BCUT2D eigenvalue weighted by Crippen LogP contribution is 2.34. The second-order valence-corrected chi connectivity index (χ2v) is 7.16. The van der Waals surface area contributed by atoms with Gasteiger partial charge in [0.1, 0.15) is 4.88 Å². The van der Waals surface area contributed by atoms with Gasteiger partial charge in [0.05, 0.1) is 17.0 Å². The molecule has 24 heavy (non-hydrogen) atoms. The molecule has 1 aromatic carbocycles. The molecule has 0 saturated heterocycles. The van der Waals surface area contributed by atoms with Crippen molar-refractivity contribution in [3.63, 3.8) is 0 Å². The molecule has 0 saturated carbocycles. The van der Waals surface area contributed by atoms with Crippen LogP contribution < -0.4 is 5.32 Å². The minimum Gasteiger partial charge on any atom is -0.394 e. The van der Waals surface area contributed by atoms with Crippen molar-refractivity contribution in [2.45, 2.75) is 25.1 Å². The Morgan fingerprint density at radius 3 is 2.33 bits per heavy atom. The molecular formula is C16H15ClF3NO2S. The lowest BCUT2D eigenvalue weighted by molar-refractivity contribution is -0.134. The lowest BCUT2D eigenvalue weighted by atomic mass is 9.93. The van der Waals surface area contributed by atoms with Crippen molar-refractivity contribution >= 4 is 28.8 Å². The highest BCUT2D eigenvalue weighted by Gasteiger charge is 2.34. The maximum Gasteiger partial charge on any atom is 0.425 e. The van der Waals surface area contributed by atoms with Crippen molar-refractivity contribution < 1.29 is 23.1 Å². The van der Waals surface area contributed by atoms with Crippen LogP contribution in [0.15, 0.2) is 36.4 Å². The van der Waals surface area contributed by atoms with Gasteiger partial charge >= 0.3 is 6.18 Å². The molecule has 0 aliphatic heterocycles. The molecular weight excluding hydrogens is 363 g/mol. The molecule has 1 atom stereocenters. The number of aliphatic hydroxyl groups is 1. The van der Waals surface area contributed by atoms with Crippen LogP contribution >= 0.6 is 22.9 Å². The standard InChI is InChI=1S/C16H15ClF3NO2S/c1-15(9-22,8-10-2-4-11(17)5-3-10)21-14(23)12-6-7-13(24-12)16(18,19)20/h2-7,22H,8-9H2,1H3,(H,21,23)/t15-/m0/s1. The largest absolute Gasteiger partial charge is 0.425 e. The van der Waals surface area contributed by atoms with E-state index in [1.54, 1.807) is 31.2 Å². The Morgan fingerprint density at radius 2 is 1.83 bits per heavy atom. The summed E-state index contributed by atoms with van der Waals surface area (Å²) in [6.45, 7) is 1.26. The van der Waals surface area contributed by atoms with Gasteiger partial charge in [0.2, 0.25) is 0 Å². The average Bonchev–Trinajstić information content (AvgIpc) is 3.00. The van der Waals surface area contributed by atoms with E-state index >= 15 is 0 Å². The van der Waals surface area contributed by atoms with Crippen LogP contribution in [-0.2, 0) is 12.6 Å². The van der Waals surface area contributed by atoms with Crippen LogP contribution in [0.5, 0.6) is 0 Å². The van der Waals surface area contributed by atoms with Gasteiger partial charge < -0.3 is 10.4 Å². The molecule has 130 valence electrons. The Morgan fingerprint density at radius 1 is 1.21 bits per heavy atom. The van der Waals surface area contributed by atoms with Gasteiger partial charge in [-0.2, -0.15) is 13.2 Å². The van der Waals surface area contributed by atoms with Crippen molar-refractivity contribution in [1.29, 1.82) is 0 Å². The number of alkyl halides is 3. The smallest absolute Gasteiger partial charge is 0.394 e. The van der Waals surface area contributed by atoms with Gasteiger partial charge in [0, 0.05) is 5.02 Å². The number of benzene rings is 1. The molecule has 2 rings (SSSR count). The van der Waals surface area contributed by atoms with Crippen molar-refractivity contribution in [3.8, 4) is 0 Å². The summed E-state index contributed by atoms with van der Waals surface area (Å²) < 4.78 is 37.9. The van der Waals surface area contributed by atoms with Gasteiger partial charge in [0.25, 0.3) is 5.91 Å². The van der Waals surface area contributed by atoms with E-state index in [9.17, 15) is 23.1 Å². The van der Waals surface area contributed by atoms with Crippen molar-refractivity contribution in [1.82, 2.24) is 5.32 Å². The quantitative estimate of drug-likeness (QED) is 0.822. The minimum atomic E-state index is -4.48. The number of hydrogen-bond acceptors (Lipinski definition) is 3. The van der Waals surface area contributed by atoms with Crippen LogP contribution in [0.1, 0.15) is 27.0 Å². The van der Waals surface area contributed by atoms with Crippen LogP contribution in [0.25, 0.3) is 0 Å². The first-order chi connectivity index (χ1) is 11.1. The SMILES string of the molecule is C[C@@](CO)(Cc1ccc(Cl)cc1)NC(=O)c1ccc(C(F)(F)F)s1. The maximum absolute atomic E-state index is 12.6. The number of amides is 1. The number of hydrogen-bond donors (Lipinski definition) is 2. The van der Waals surface area contributed by atoms with Crippen molar-refractivity contribution in [2.75, 3.05) is 6.61 Å². The monoisotopic (exact) mass is 377 g/mol. The number of nitrogens with one attached hydrogen (secondary N) is 1. The van der Waals surface area contributed by atoms with Gasteiger partial charge in [-0.1, -0.05) is 23.7 Å². The van der Waals surface area contributed by atoms with E-state index in [1.807, 2.05) is 0 Å². The predicted molar refractivity (Wildman–Crippen MR) is 87.4 cm³/mol. The van der Waals surface area contributed by atoms with E-state index in [0.717, 1.165) is 17.7 Å². The van der Waals surface area contributed by atoms with Gasteiger partial charge in [-0.05, 0) is 43.2 Å². The third-order valence-electron chi connectivity index (χ3n) is 3.38. The summed E-state index contributed by atoms with van der Waals surface area (Å²) in [5, 5.41) is 12.8. The molecule has 0 radical (unpaired) electrons. The first kappa shape index (κ1) is 18.8. The summed E-state index contributed by atoms with van der Waals surface area (Å²) in [5.41, 5.74) is -0.175. The summed E-state index contributed by atoms with van der Waals surface area (Å²) >= 11 is 6.18. The third-order valence-corrected chi connectivity index (χ3v) is 4.76. The Balaban J connectivity index is 2.12. The van der Waals surface area contributed by atoms with E-state index in [-0.39, 0.29) is 11.5 Å². The third kappa shape index (κ3) is 4.72. The maximum atomic E-state index is 12.6. The number of rotatable bonds is 5. The Kier molecular flexibility index (Phi) is 5.57. The summed E-state index contributed by atoms with van der Waals surface area (Å²) in [5.74, 6) is -0.652. The molecule has 0 bridgehead atoms. The van der Waals surface area contributed by atoms with Crippen molar-refractivity contribution in [2.24, 2.45) is 0 Å². The Hall–Kier alpha value is -1.57. The van der Waals surface area contributed by atoms with E-state index in [0.29, 0.717) is 22.8 Å². The second-order valence-electron chi connectivity index (χ2n) is 5.64. The lowest BCUT2D eigenvalue weighted by Crippen LogP contribution is -2.50. The average molecular weight is 378 g/mol. The fourth-order valence-corrected chi connectivity index (χ4v) is 3.03. The first-order valence-corrected chi connectivity index (χ1v) is 8.17. The van der Waals surface area contributed by atoms with Gasteiger partial charge in [0.15, 0.2) is 0 Å². The van der Waals surface area contributed by atoms with Gasteiger partial charge in [-0.15, -0.1) is 11.3 Å². The molecule has 0 fully saturated rings. The second kappa shape index (κ2) is 7.13. The molecule has 0 aliphatic carbocycles. The van der Waals surface area contributed by atoms with E-state index < -0.39 is 22.5 Å². The van der Waals surface area contributed by atoms with E-state index in [1.165, 1.54) is 0 Å². The van der Waals surface area contributed by atoms with Crippen LogP contribution in [0.4, 0.5) is 13.2 Å². The van der Waals surface area contributed by atoms with Crippen molar-refractivity contribution in [3.05, 3.63) is 56.7 Å². The molecule has 3 nitrogen and oxygen atoms in total. The summed E-state index contributed by atoms with van der Waals surface area (Å²) in [7, 11) is 0. The zero-order valence-corrected chi connectivity index (χ0v) is 14.2. The lowest BCUT2D eigenvalue weighted by Gasteiger charge is -2.28. The van der Waals surface area contributed by atoms with Gasteiger partial charge in [-0.25, -0.2) is 0 Å². The van der Waals surface area contributed by atoms with Crippen LogP contribution in [-0.4, -0.2) is 23.2 Å². The first-order valence-electron chi connectivity index (χ1n) is 6.98. The molecule has 1 heterocycles. The highest BCUT2D eigenvalue weighted by atomic mass is 35.5. The number of thiophene rings is 1. The topological polar surface area (TPSA) is 49.3 Å². The Labute approximate surface area is 146 Å². The van der Waals surface area contributed by atoms with Crippen LogP contribution in [0.3, 0.4) is 0 Å². The minimum absolute atomic E-state index is 0.0573. The summed E-state index contributed by atoms with van der Waals surface area (Å²) in [4.78, 5) is 11.3. The molecule has 8 heteroatoms. The summed E-state index contributed by atoms with van der Waals surface area (Å²) in [6, 6.07) is 8.89. The Bertz CT molecular complexity index is 715. The molecule has 0 spiro atoms. The van der Waals surface area contributed by atoms with E-state index in [4.69, 9.17) is 11.6 Å². The molecule has 2 N–H and O–H groups in total. The molecule has 1 amide bonds. The normalized spacial score (nSPS) is 14.2. The zero-order chi connectivity index (χ0) is 18.0. The highest BCUT2D eigenvalue weighted by molar-refractivity contribution is 7.14. The molecule has 0 unspecified atom stereocenters. The van der Waals surface area contributed by atoms with Crippen LogP contribution in [0, 0.1) is 0 Å². The fourth-order valence-electron chi connectivity index (χ4n) is 2.14. The molecule has 2 aromatic rings. The number of halogens is 4. The number of carbonyl (C=O) groups is 1. The fraction of sp³-hybridized carbons (Fsp3) is 0.312. The predicted octanol–water partition coefficient (Wildman–Crippen LogP) is 4.14. The van der Waals surface area contributed by atoms with Gasteiger partial charge in [-0.3, -0.25) is 4.79 Å². The van der Waals surface area contributed by atoms with Crippen LogP contribution in [0.2, 0.25) is 5.02 Å².